The van der Waals surface area contributed by atoms with Gasteiger partial charge >= 0.3 is 5.97 Å². The van der Waals surface area contributed by atoms with Gasteiger partial charge in [-0.15, -0.1) is 0 Å². The Morgan fingerprint density at radius 2 is 2.22 bits per heavy atom. The zero-order valence-corrected chi connectivity index (χ0v) is 14.2. The van der Waals surface area contributed by atoms with Crippen molar-refractivity contribution in [3.63, 3.8) is 0 Å². The molecule has 1 heterocycles. The monoisotopic (exact) mass is 474 g/mol. The third-order valence-corrected chi connectivity index (χ3v) is 4.49. The molecule has 2 rings (SSSR count). The first kappa shape index (κ1) is 14.3. The van der Waals surface area contributed by atoms with Crippen molar-refractivity contribution in [2.24, 2.45) is 0 Å². The first-order valence-electron chi connectivity index (χ1n) is 5.64. The number of nitrogens with two attached hydrogens (primary N) is 1. The molecule has 1 aliphatic rings. The molecule has 4 nitrogen and oxygen atoms in total. The number of ether oxygens (including phenoxy) is 1. The van der Waals surface area contributed by atoms with Crippen LogP contribution in [0, 0.1) is 7.14 Å². The van der Waals surface area contributed by atoms with E-state index in [0.717, 1.165) is 23.1 Å². The smallest absolute Gasteiger partial charge is 0.342 e. The van der Waals surface area contributed by atoms with Crippen molar-refractivity contribution in [2.45, 2.75) is 18.9 Å². The maximum Gasteiger partial charge on any atom is 0.342 e. The second-order valence-electron chi connectivity index (χ2n) is 4.65. The lowest BCUT2D eigenvalue weighted by atomic mass is 10.1. The zero-order chi connectivity index (χ0) is 13.3. The summed E-state index contributed by atoms with van der Waals surface area (Å²) in [6, 6.07) is 3.47. The van der Waals surface area contributed by atoms with Crippen molar-refractivity contribution < 1.29 is 20.0 Å². The lowest BCUT2D eigenvalue weighted by molar-refractivity contribution is -0.640. The molecule has 6 heteroatoms. The van der Waals surface area contributed by atoms with Gasteiger partial charge in [-0.25, -0.2) is 4.79 Å². The first-order valence-corrected chi connectivity index (χ1v) is 7.80. The van der Waals surface area contributed by atoms with Gasteiger partial charge in [-0.3, -0.25) is 0 Å². The molecule has 1 atom stereocenters. The van der Waals surface area contributed by atoms with Crippen molar-refractivity contribution in [3.8, 4) is 5.75 Å². The molecule has 1 unspecified atom stereocenters. The molecule has 98 valence electrons. The predicted octanol–water partition coefficient (Wildman–Crippen LogP) is 1.48. The summed E-state index contributed by atoms with van der Waals surface area (Å²) < 4.78 is 7.11. The molecule has 0 saturated carbocycles. The van der Waals surface area contributed by atoms with Crippen LogP contribution in [-0.4, -0.2) is 29.8 Å². The van der Waals surface area contributed by atoms with Gasteiger partial charge < -0.3 is 15.2 Å². The molecule has 0 radical (unpaired) electrons. The van der Waals surface area contributed by atoms with Gasteiger partial charge in [-0.05, 0) is 64.2 Å². The van der Waals surface area contributed by atoms with Crippen molar-refractivity contribution >= 4 is 51.2 Å². The normalized spacial score (nSPS) is 23.1. The summed E-state index contributed by atoms with van der Waals surface area (Å²) >= 11 is 4.13. The number of carbonyl (C=O) groups is 1. The molecule has 0 aliphatic carbocycles. The van der Waals surface area contributed by atoms with Gasteiger partial charge in [0.1, 0.15) is 17.9 Å². The first-order chi connectivity index (χ1) is 8.41. The molecule has 1 saturated heterocycles. The van der Waals surface area contributed by atoms with Crippen molar-refractivity contribution in [2.75, 3.05) is 13.1 Å². The van der Waals surface area contributed by atoms with Gasteiger partial charge in [-0.2, -0.15) is 0 Å². The van der Waals surface area contributed by atoms with Crippen LogP contribution in [0.1, 0.15) is 23.7 Å². The highest BCUT2D eigenvalue weighted by molar-refractivity contribution is 14.1. The van der Waals surface area contributed by atoms with Crippen LogP contribution in [0.4, 0.5) is 0 Å². The van der Waals surface area contributed by atoms with E-state index in [1.807, 2.05) is 35.6 Å². The fraction of sp³-hybridized carbons (Fsp3) is 0.417. The van der Waals surface area contributed by atoms with E-state index in [1.165, 1.54) is 0 Å². The van der Waals surface area contributed by atoms with E-state index in [9.17, 15) is 9.90 Å². The minimum Gasteiger partial charge on any atom is -0.506 e. The van der Waals surface area contributed by atoms with Gasteiger partial charge in [0, 0.05) is 9.99 Å². The average molecular weight is 474 g/mol. The number of halogens is 2. The summed E-state index contributed by atoms with van der Waals surface area (Å²) in [5.74, 6) is -0.437. The Hall–Kier alpha value is -0.0900. The molecule has 1 aromatic carbocycles. The number of aromatic hydroxyl groups is 1. The predicted molar refractivity (Wildman–Crippen MR) is 83.6 cm³/mol. The molecule has 1 aliphatic heterocycles. The van der Waals surface area contributed by atoms with Crippen LogP contribution in [0.5, 0.6) is 5.75 Å². The molecular weight excluding hydrogens is 460 g/mol. The van der Waals surface area contributed by atoms with Crippen molar-refractivity contribution in [3.05, 3.63) is 24.8 Å². The number of carbonyl (C=O) groups excluding carboxylic acids is 1. The second-order valence-corrected chi connectivity index (χ2v) is 7.06. The SMILES string of the molecule is CC1(OC(=O)c2cc(I)cc(I)c2O)CC[NH2+]C1. The lowest BCUT2D eigenvalue weighted by Gasteiger charge is -2.21. The molecule has 1 aromatic rings. The average Bonchev–Trinajstić information content (AvgIpc) is 2.70. The summed E-state index contributed by atoms with van der Waals surface area (Å²) in [5, 5.41) is 12.1. The van der Waals surface area contributed by atoms with Gasteiger partial charge in [-0.1, -0.05) is 0 Å². The summed E-state index contributed by atoms with van der Waals surface area (Å²) in [6.45, 7) is 3.68. The summed E-state index contributed by atoms with van der Waals surface area (Å²) in [4.78, 5) is 12.1. The van der Waals surface area contributed by atoms with E-state index in [0.29, 0.717) is 3.57 Å². The van der Waals surface area contributed by atoms with Crippen molar-refractivity contribution in [1.82, 2.24) is 0 Å². The van der Waals surface area contributed by atoms with Gasteiger partial charge in [0.2, 0.25) is 0 Å². The van der Waals surface area contributed by atoms with E-state index in [2.05, 4.69) is 27.9 Å². The Kier molecular flexibility index (Phi) is 4.37. The fourth-order valence-corrected chi connectivity index (χ4v) is 3.85. The highest BCUT2D eigenvalue weighted by Gasteiger charge is 2.36. The summed E-state index contributed by atoms with van der Waals surface area (Å²) in [5.41, 5.74) is -0.171. The Labute approximate surface area is 133 Å². The molecule has 0 spiro atoms. The number of esters is 1. The highest BCUT2D eigenvalue weighted by Crippen LogP contribution is 2.29. The van der Waals surface area contributed by atoms with Gasteiger partial charge in [0.15, 0.2) is 5.60 Å². The molecular formula is C12H14I2NO3+. The largest absolute Gasteiger partial charge is 0.506 e. The van der Waals surface area contributed by atoms with E-state index in [4.69, 9.17) is 4.74 Å². The number of phenols is 1. The number of quaternary nitrogens is 1. The topological polar surface area (TPSA) is 63.1 Å². The van der Waals surface area contributed by atoms with Crippen molar-refractivity contribution in [1.29, 1.82) is 0 Å². The van der Waals surface area contributed by atoms with E-state index in [1.54, 1.807) is 6.07 Å². The van der Waals surface area contributed by atoms with Crippen LogP contribution in [0.25, 0.3) is 0 Å². The quantitative estimate of drug-likeness (QED) is 0.505. The van der Waals surface area contributed by atoms with Crippen LogP contribution >= 0.6 is 45.2 Å². The third-order valence-electron chi connectivity index (χ3n) is 3.04. The minimum atomic E-state index is -0.443. The Morgan fingerprint density at radius 3 is 2.83 bits per heavy atom. The van der Waals surface area contributed by atoms with Crippen LogP contribution in [0.15, 0.2) is 12.1 Å². The minimum absolute atomic E-state index is 0.00610. The lowest BCUT2D eigenvalue weighted by Crippen LogP contribution is -2.82. The molecule has 1 fully saturated rings. The molecule has 18 heavy (non-hydrogen) atoms. The summed E-state index contributed by atoms with van der Waals surface area (Å²) in [6.07, 6.45) is 0.848. The molecule has 0 amide bonds. The van der Waals surface area contributed by atoms with E-state index >= 15 is 0 Å². The highest BCUT2D eigenvalue weighted by atomic mass is 127. The molecule has 0 aromatic heterocycles. The fourth-order valence-electron chi connectivity index (χ4n) is 2.01. The maximum absolute atomic E-state index is 12.1. The zero-order valence-electron chi connectivity index (χ0n) is 9.87. The Balaban J connectivity index is 2.23. The van der Waals surface area contributed by atoms with Crippen LogP contribution < -0.4 is 5.32 Å². The van der Waals surface area contributed by atoms with Gasteiger partial charge in [0.25, 0.3) is 0 Å². The third kappa shape index (κ3) is 3.08. The molecule has 0 bridgehead atoms. The van der Waals surface area contributed by atoms with Crippen LogP contribution in [-0.2, 0) is 4.74 Å². The number of rotatable bonds is 2. The van der Waals surface area contributed by atoms with Crippen LogP contribution in [0.3, 0.4) is 0 Å². The Bertz CT molecular complexity index is 484. The maximum atomic E-state index is 12.1. The number of hydrogen-bond donors (Lipinski definition) is 2. The van der Waals surface area contributed by atoms with E-state index < -0.39 is 11.6 Å². The Morgan fingerprint density at radius 1 is 1.50 bits per heavy atom. The number of hydrogen-bond acceptors (Lipinski definition) is 3. The molecule has 3 N–H and O–H groups in total. The number of benzene rings is 1. The van der Waals surface area contributed by atoms with E-state index in [-0.39, 0.29) is 11.3 Å². The summed E-state index contributed by atoms with van der Waals surface area (Å²) in [7, 11) is 0. The van der Waals surface area contributed by atoms with Crippen LogP contribution in [0.2, 0.25) is 0 Å². The standard InChI is InChI=1S/C12H13I2NO3/c1-12(2-3-15-6-12)18-11(17)8-4-7(13)5-9(14)10(8)16/h4-5,15-16H,2-3,6H2,1H3/p+1. The second kappa shape index (κ2) is 5.49. The number of phenolic OH excluding ortho intramolecular Hbond substituents is 1. The van der Waals surface area contributed by atoms with Gasteiger partial charge in [0.05, 0.1) is 10.1 Å².